The molecular formula is C12H14O3. The summed E-state index contributed by atoms with van der Waals surface area (Å²) in [4.78, 5) is 11.3. The lowest BCUT2D eigenvalue weighted by atomic mass is 9.80. The monoisotopic (exact) mass is 206 g/mol. The molecule has 3 nitrogen and oxygen atoms in total. The maximum Gasteiger partial charge on any atom is 0.313 e. The Morgan fingerprint density at radius 3 is 2.80 bits per heavy atom. The van der Waals surface area contributed by atoms with E-state index in [2.05, 4.69) is 0 Å². The highest BCUT2D eigenvalue weighted by Gasteiger charge is 2.41. The SMILES string of the molecule is CC1(C)OCc2ccccc2C1C(=O)O. The van der Waals surface area contributed by atoms with Gasteiger partial charge in [-0.2, -0.15) is 0 Å². The molecule has 1 atom stereocenters. The average molecular weight is 206 g/mol. The van der Waals surface area contributed by atoms with Crippen LogP contribution in [0.5, 0.6) is 0 Å². The van der Waals surface area contributed by atoms with Crippen LogP contribution in [0.2, 0.25) is 0 Å². The first-order chi connectivity index (χ1) is 7.02. The minimum absolute atomic E-state index is 0.493. The summed E-state index contributed by atoms with van der Waals surface area (Å²) in [5, 5.41) is 9.24. The second-order valence-electron chi connectivity index (χ2n) is 4.36. The average Bonchev–Trinajstić information content (AvgIpc) is 2.15. The van der Waals surface area contributed by atoms with E-state index >= 15 is 0 Å². The van der Waals surface area contributed by atoms with E-state index in [-0.39, 0.29) is 0 Å². The summed E-state index contributed by atoms with van der Waals surface area (Å²) in [6.45, 7) is 4.14. The summed E-state index contributed by atoms with van der Waals surface area (Å²) >= 11 is 0. The molecule has 0 spiro atoms. The maximum absolute atomic E-state index is 11.3. The van der Waals surface area contributed by atoms with E-state index < -0.39 is 17.5 Å². The number of aliphatic carboxylic acids is 1. The van der Waals surface area contributed by atoms with Crippen molar-refractivity contribution in [3.63, 3.8) is 0 Å². The Balaban J connectivity index is 2.53. The zero-order valence-electron chi connectivity index (χ0n) is 8.86. The smallest absolute Gasteiger partial charge is 0.313 e. The molecule has 0 radical (unpaired) electrons. The van der Waals surface area contributed by atoms with Crippen LogP contribution < -0.4 is 0 Å². The van der Waals surface area contributed by atoms with Crippen LogP contribution in [0.15, 0.2) is 24.3 Å². The van der Waals surface area contributed by atoms with Crippen molar-refractivity contribution in [1.82, 2.24) is 0 Å². The van der Waals surface area contributed by atoms with Crippen LogP contribution in [-0.4, -0.2) is 16.7 Å². The molecule has 0 saturated carbocycles. The van der Waals surface area contributed by atoms with Crippen LogP contribution in [0.1, 0.15) is 30.9 Å². The third kappa shape index (κ3) is 1.63. The quantitative estimate of drug-likeness (QED) is 0.765. The lowest BCUT2D eigenvalue weighted by Gasteiger charge is -2.37. The summed E-state index contributed by atoms with van der Waals surface area (Å²) < 4.78 is 5.58. The Hall–Kier alpha value is -1.35. The van der Waals surface area contributed by atoms with E-state index in [0.717, 1.165) is 11.1 Å². The van der Waals surface area contributed by atoms with Gasteiger partial charge in [-0.15, -0.1) is 0 Å². The second-order valence-corrected chi connectivity index (χ2v) is 4.36. The molecule has 1 aromatic carbocycles. The number of carboxylic acid groups (broad SMARTS) is 1. The molecule has 0 aromatic heterocycles. The van der Waals surface area contributed by atoms with Gasteiger partial charge in [0.1, 0.15) is 5.92 Å². The number of carboxylic acids is 1. The van der Waals surface area contributed by atoms with Gasteiger partial charge in [0.15, 0.2) is 0 Å². The first kappa shape index (κ1) is 10.2. The van der Waals surface area contributed by atoms with E-state index in [4.69, 9.17) is 4.74 Å². The fraction of sp³-hybridized carbons (Fsp3) is 0.417. The Kier molecular flexibility index (Phi) is 2.27. The van der Waals surface area contributed by atoms with Crippen LogP contribution in [0.3, 0.4) is 0 Å². The molecule has 1 heterocycles. The molecule has 80 valence electrons. The second kappa shape index (κ2) is 3.35. The molecule has 0 amide bonds. The van der Waals surface area contributed by atoms with Crippen molar-refractivity contribution in [2.75, 3.05) is 0 Å². The Labute approximate surface area is 88.7 Å². The van der Waals surface area contributed by atoms with E-state index in [9.17, 15) is 9.90 Å². The van der Waals surface area contributed by atoms with E-state index in [1.54, 1.807) is 0 Å². The van der Waals surface area contributed by atoms with Gasteiger partial charge in [-0.25, -0.2) is 0 Å². The first-order valence-electron chi connectivity index (χ1n) is 4.97. The number of ether oxygens (including phenoxy) is 1. The maximum atomic E-state index is 11.3. The normalized spacial score (nSPS) is 23.2. The Morgan fingerprint density at radius 1 is 1.47 bits per heavy atom. The lowest BCUT2D eigenvalue weighted by Crippen LogP contribution is -2.41. The highest BCUT2D eigenvalue weighted by atomic mass is 16.5. The largest absolute Gasteiger partial charge is 0.481 e. The standard InChI is InChI=1S/C12H14O3/c1-12(2)10(11(13)14)9-6-4-3-5-8(9)7-15-12/h3-6,10H,7H2,1-2H3,(H,13,14). The molecule has 15 heavy (non-hydrogen) atoms. The number of hydrogen-bond acceptors (Lipinski definition) is 2. The highest BCUT2D eigenvalue weighted by Crippen LogP contribution is 2.38. The van der Waals surface area contributed by atoms with Gasteiger partial charge >= 0.3 is 5.97 Å². The van der Waals surface area contributed by atoms with Crippen molar-refractivity contribution in [3.8, 4) is 0 Å². The van der Waals surface area contributed by atoms with E-state index in [1.807, 2.05) is 38.1 Å². The summed E-state index contributed by atoms with van der Waals surface area (Å²) in [6.07, 6.45) is 0. The van der Waals surface area contributed by atoms with Gasteiger partial charge in [-0.05, 0) is 25.0 Å². The molecule has 1 unspecified atom stereocenters. The predicted molar refractivity (Wildman–Crippen MR) is 55.7 cm³/mol. The zero-order chi connectivity index (χ0) is 11.1. The Morgan fingerprint density at radius 2 is 2.13 bits per heavy atom. The predicted octanol–water partition coefficient (Wildman–Crippen LogP) is 2.16. The van der Waals surface area contributed by atoms with Crippen LogP contribution >= 0.6 is 0 Å². The molecule has 2 rings (SSSR count). The van der Waals surface area contributed by atoms with Crippen LogP contribution in [0.25, 0.3) is 0 Å². The molecule has 0 fully saturated rings. The van der Waals surface area contributed by atoms with Crippen LogP contribution in [0, 0.1) is 0 Å². The molecule has 1 aromatic rings. The van der Waals surface area contributed by atoms with Crippen molar-refractivity contribution in [2.45, 2.75) is 32.0 Å². The third-order valence-electron chi connectivity index (χ3n) is 2.91. The highest BCUT2D eigenvalue weighted by molar-refractivity contribution is 5.78. The number of hydrogen-bond donors (Lipinski definition) is 1. The molecule has 1 aliphatic heterocycles. The first-order valence-corrected chi connectivity index (χ1v) is 4.97. The molecule has 0 saturated heterocycles. The third-order valence-corrected chi connectivity index (χ3v) is 2.91. The number of carbonyl (C=O) groups is 1. The van der Waals surface area contributed by atoms with Gasteiger partial charge in [0, 0.05) is 0 Å². The fourth-order valence-corrected chi connectivity index (χ4v) is 2.10. The molecule has 0 bridgehead atoms. The van der Waals surface area contributed by atoms with Crippen molar-refractivity contribution >= 4 is 5.97 Å². The minimum atomic E-state index is -0.827. The van der Waals surface area contributed by atoms with Crippen molar-refractivity contribution in [1.29, 1.82) is 0 Å². The Bertz CT molecular complexity index is 396. The summed E-state index contributed by atoms with van der Waals surface area (Å²) in [6, 6.07) is 7.56. The van der Waals surface area contributed by atoms with Crippen molar-refractivity contribution < 1.29 is 14.6 Å². The number of rotatable bonds is 1. The summed E-state index contributed by atoms with van der Waals surface area (Å²) in [7, 11) is 0. The lowest BCUT2D eigenvalue weighted by molar-refractivity contribution is -0.150. The molecule has 1 N–H and O–H groups in total. The summed E-state index contributed by atoms with van der Waals surface area (Å²) in [5.74, 6) is -1.41. The van der Waals surface area contributed by atoms with Crippen LogP contribution in [0.4, 0.5) is 0 Å². The van der Waals surface area contributed by atoms with Gasteiger partial charge in [0.05, 0.1) is 12.2 Å². The number of fused-ring (bicyclic) bond motifs is 1. The van der Waals surface area contributed by atoms with Crippen molar-refractivity contribution in [2.24, 2.45) is 0 Å². The summed E-state index contributed by atoms with van der Waals surface area (Å²) in [5.41, 5.74) is 1.21. The van der Waals surface area contributed by atoms with Gasteiger partial charge in [0.2, 0.25) is 0 Å². The van der Waals surface area contributed by atoms with Crippen molar-refractivity contribution in [3.05, 3.63) is 35.4 Å². The van der Waals surface area contributed by atoms with E-state index in [1.165, 1.54) is 0 Å². The van der Waals surface area contributed by atoms with Gasteiger partial charge < -0.3 is 9.84 Å². The van der Waals surface area contributed by atoms with Crippen LogP contribution in [-0.2, 0) is 16.1 Å². The molecule has 3 heteroatoms. The van der Waals surface area contributed by atoms with Gasteiger partial charge in [-0.1, -0.05) is 24.3 Å². The topological polar surface area (TPSA) is 46.5 Å². The van der Waals surface area contributed by atoms with Gasteiger partial charge in [-0.3, -0.25) is 4.79 Å². The number of benzene rings is 1. The fourth-order valence-electron chi connectivity index (χ4n) is 2.10. The molecule has 1 aliphatic rings. The van der Waals surface area contributed by atoms with E-state index in [0.29, 0.717) is 6.61 Å². The molecule has 0 aliphatic carbocycles. The zero-order valence-corrected chi connectivity index (χ0v) is 8.86. The molecular weight excluding hydrogens is 192 g/mol. The van der Waals surface area contributed by atoms with Gasteiger partial charge in [0.25, 0.3) is 0 Å². The minimum Gasteiger partial charge on any atom is -0.481 e.